The lowest BCUT2D eigenvalue weighted by molar-refractivity contribution is -0.118. The van der Waals surface area contributed by atoms with E-state index in [9.17, 15) is 9.59 Å². The molecule has 37 heavy (non-hydrogen) atoms. The molecule has 0 heterocycles. The molecule has 0 atom stereocenters. The van der Waals surface area contributed by atoms with Crippen LogP contribution in [0, 0.1) is 0 Å². The standard InChI is InChI=1S/C29H24ClN3O3S/c30-24-5-4-6-25(17-24)32-28(34)19-36-26-15-11-21(12-16-26)18-31-33-29(35)23-13-9-22(10-14-23)20-37-27-7-2-1-3-8-27/h1-18H,19-20H2,(H,32,34)(H,33,35)/b31-18-. The van der Waals surface area contributed by atoms with Crippen LogP contribution in [0.25, 0.3) is 0 Å². The van der Waals surface area contributed by atoms with Crippen LogP contribution in [0.5, 0.6) is 5.75 Å². The molecular weight excluding hydrogens is 506 g/mol. The zero-order valence-electron chi connectivity index (χ0n) is 19.8. The second-order valence-corrected chi connectivity index (χ2v) is 9.40. The summed E-state index contributed by atoms with van der Waals surface area (Å²) in [6, 6.07) is 31.6. The van der Waals surface area contributed by atoms with Gasteiger partial charge in [-0.3, -0.25) is 9.59 Å². The van der Waals surface area contributed by atoms with Crippen molar-refractivity contribution in [2.45, 2.75) is 10.6 Å². The highest BCUT2D eigenvalue weighted by molar-refractivity contribution is 7.98. The summed E-state index contributed by atoms with van der Waals surface area (Å²) >= 11 is 7.67. The fourth-order valence-corrected chi connectivity index (χ4v) is 4.29. The van der Waals surface area contributed by atoms with Crippen LogP contribution in [0.1, 0.15) is 21.5 Å². The third-order valence-electron chi connectivity index (χ3n) is 5.10. The molecule has 0 radical (unpaired) electrons. The van der Waals surface area contributed by atoms with Crippen LogP contribution in [0.3, 0.4) is 0 Å². The van der Waals surface area contributed by atoms with Crippen LogP contribution in [0.2, 0.25) is 5.02 Å². The zero-order valence-corrected chi connectivity index (χ0v) is 21.3. The van der Waals surface area contributed by atoms with Crippen molar-refractivity contribution in [3.05, 3.63) is 125 Å². The highest BCUT2D eigenvalue weighted by atomic mass is 35.5. The summed E-state index contributed by atoms with van der Waals surface area (Å²) in [6.07, 6.45) is 1.54. The molecule has 8 heteroatoms. The van der Waals surface area contributed by atoms with Gasteiger partial charge in [0.05, 0.1) is 6.21 Å². The predicted octanol–water partition coefficient (Wildman–Crippen LogP) is 6.41. The van der Waals surface area contributed by atoms with Gasteiger partial charge in [0.25, 0.3) is 11.8 Å². The van der Waals surface area contributed by atoms with Crippen molar-refractivity contribution >= 4 is 47.1 Å². The van der Waals surface area contributed by atoms with E-state index in [4.69, 9.17) is 16.3 Å². The maximum absolute atomic E-state index is 12.4. The summed E-state index contributed by atoms with van der Waals surface area (Å²) in [5, 5.41) is 7.29. The van der Waals surface area contributed by atoms with Crippen molar-refractivity contribution in [1.29, 1.82) is 0 Å². The van der Waals surface area contributed by atoms with Crippen LogP contribution < -0.4 is 15.5 Å². The van der Waals surface area contributed by atoms with Crippen LogP contribution >= 0.6 is 23.4 Å². The van der Waals surface area contributed by atoms with Gasteiger partial charge in [0.2, 0.25) is 0 Å². The fraction of sp³-hybridized carbons (Fsp3) is 0.0690. The van der Waals surface area contributed by atoms with E-state index in [2.05, 4.69) is 28.0 Å². The molecule has 6 nitrogen and oxygen atoms in total. The number of carbonyl (C=O) groups is 2. The van der Waals surface area contributed by atoms with Gasteiger partial charge < -0.3 is 10.1 Å². The van der Waals surface area contributed by atoms with E-state index in [1.807, 2.05) is 30.3 Å². The largest absolute Gasteiger partial charge is 0.484 e. The molecule has 0 bridgehead atoms. The first kappa shape index (κ1) is 26.0. The first-order chi connectivity index (χ1) is 18.0. The number of thioether (sulfide) groups is 1. The lowest BCUT2D eigenvalue weighted by atomic mass is 10.1. The number of halogens is 1. The molecule has 4 rings (SSSR count). The van der Waals surface area contributed by atoms with Gasteiger partial charge in [0.1, 0.15) is 5.75 Å². The number of amides is 2. The van der Waals surface area contributed by atoms with E-state index in [1.54, 1.807) is 78.6 Å². The summed E-state index contributed by atoms with van der Waals surface area (Å²) in [5.41, 5.74) is 5.58. The predicted molar refractivity (Wildman–Crippen MR) is 150 cm³/mol. The molecule has 186 valence electrons. The molecule has 0 aliphatic heterocycles. The molecule has 0 fully saturated rings. The van der Waals surface area contributed by atoms with E-state index < -0.39 is 0 Å². The number of anilines is 1. The third kappa shape index (κ3) is 8.52. The van der Waals surface area contributed by atoms with Crippen LogP contribution in [0.15, 0.2) is 113 Å². The number of ether oxygens (including phenoxy) is 1. The van der Waals surface area contributed by atoms with Gasteiger partial charge in [0, 0.05) is 26.9 Å². The number of carbonyl (C=O) groups excluding carboxylic acids is 2. The monoisotopic (exact) mass is 529 g/mol. The Kier molecular flexibility index (Phi) is 9.35. The maximum Gasteiger partial charge on any atom is 0.271 e. The van der Waals surface area contributed by atoms with E-state index in [0.29, 0.717) is 22.0 Å². The molecule has 0 aliphatic rings. The first-order valence-electron chi connectivity index (χ1n) is 11.4. The molecule has 2 N–H and O–H groups in total. The van der Waals surface area contributed by atoms with Gasteiger partial charge >= 0.3 is 0 Å². The SMILES string of the molecule is O=C(COc1ccc(/C=N\NC(=O)c2ccc(CSc3ccccc3)cc2)cc1)Nc1cccc(Cl)c1. The van der Waals surface area contributed by atoms with Gasteiger partial charge in [-0.05, 0) is 77.9 Å². The van der Waals surface area contributed by atoms with E-state index in [0.717, 1.165) is 16.9 Å². The summed E-state index contributed by atoms with van der Waals surface area (Å²) in [4.78, 5) is 25.6. The lowest BCUT2D eigenvalue weighted by Crippen LogP contribution is -2.20. The second kappa shape index (κ2) is 13.3. The topological polar surface area (TPSA) is 79.8 Å². The molecule has 0 saturated heterocycles. The van der Waals surface area contributed by atoms with Crippen molar-refractivity contribution in [3.8, 4) is 5.75 Å². The van der Waals surface area contributed by atoms with Crippen molar-refractivity contribution < 1.29 is 14.3 Å². The number of rotatable bonds is 10. The van der Waals surface area contributed by atoms with Gasteiger partial charge in [-0.25, -0.2) is 5.43 Å². The normalized spacial score (nSPS) is 10.7. The lowest BCUT2D eigenvalue weighted by Gasteiger charge is -2.08. The van der Waals surface area contributed by atoms with Crippen molar-refractivity contribution in [3.63, 3.8) is 0 Å². The highest BCUT2D eigenvalue weighted by Gasteiger charge is 2.06. The molecule has 0 aromatic heterocycles. The smallest absolute Gasteiger partial charge is 0.271 e. The molecule has 2 amide bonds. The Bertz CT molecular complexity index is 1360. The van der Waals surface area contributed by atoms with Gasteiger partial charge in [0.15, 0.2) is 6.61 Å². The van der Waals surface area contributed by atoms with E-state index in [-0.39, 0.29) is 18.4 Å². The number of hydrazone groups is 1. The summed E-state index contributed by atoms with van der Waals surface area (Å²) < 4.78 is 5.52. The quantitative estimate of drug-likeness (QED) is 0.141. The Labute approximate surface area is 224 Å². The Morgan fingerprint density at radius 3 is 2.38 bits per heavy atom. The Hall–Kier alpha value is -4.07. The third-order valence-corrected chi connectivity index (χ3v) is 6.42. The Morgan fingerprint density at radius 2 is 1.65 bits per heavy atom. The molecule has 4 aromatic carbocycles. The first-order valence-corrected chi connectivity index (χ1v) is 12.8. The minimum atomic E-state index is -0.293. The summed E-state index contributed by atoms with van der Waals surface area (Å²) in [7, 11) is 0. The summed E-state index contributed by atoms with van der Waals surface area (Å²) in [6.45, 7) is -0.139. The van der Waals surface area contributed by atoms with Gasteiger partial charge in [-0.1, -0.05) is 48.0 Å². The molecule has 0 saturated carbocycles. The van der Waals surface area contributed by atoms with Gasteiger partial charge in [-0.2, -0.15) is 5.10 Å². The number of nitrogens with one attached hydrogen (secondary N) is 2. The van der Waals surface area contributed by atoms with E-state index in [1.165, 1.54) is 4.90 Å². The Balaban J connectivity index is 1.20. The van der Waals surface area contributed by atoms with Crippen LogP contribution in [0.4, 0.5) is 5.69 Å². The Morgan fingerprint density at radius 1 is 0.892 bits per heavy atom. The number of nitrogens with zero attached hydrogens (tertiary/aromatic N) is 1. The van der Waals surface area contributed by atoms with Gasteiger partial charge in [-0.15, -0.1) is 11.8 Å². The van der Waals surface area contributed by atoms with Crippen molar-refractivity contribution in [2.24, 2.45) is 5.10 Å². The van der Waals surface area contributed by atoms with E-state index >= 15 is 0 Å². The maximum atomic E-state index is 12.4. The number of hydrogen-bond acceptors (Lipinski definition) is 5. The molecule has 4 aromatic rings. The molecule has 0 aliphatic carbocycles. The summed E-state index contributed by atoms with van der Waals surface area (Å²) in [5.74, 6) is 0.784. The van der Waals surface area contributed by atoms with Crippen LogP contribution in [-0.4, -0.2) is 24.6 Å². The molecule has 0 spiro atoms. The minimum absolute atomic E-state index is 0.139. The highest BCUT2D eigenvalue weighted by Crippen LogP contribution is 2.22. The zero-order chi connectivity index (χ0) is 25.9. The molecular formula is C29H24ClN3O3S. The number of hydrogen-bond donors (Lipinski definition) is 2. The number of benzene rings is 4. The average molecular weight is 530 g/mol. The second-order valence-electron chi connectivity index (χ2n) is 7.91. The fourth-order valence-electron chi connectivity index (χ4n) is 3.23. The van der Waals surface area contributed by atoms with Crippen molar-refractivity contribution in [1.82, 2.24) is 5.43 Å². The van der Waals surface area contributed by atoms with Crippen molar-refractivity contribution in [2.75, 3.05) is 11.9 Å². The minimum Gasteiger partial charge on any atom is -0.484 e. The average Bonchev–Trinajstić information content (AvgIpc) is 2.92. The van der Waals surface area contributed by atoms with Crippen LogP contribution in [-0.2, 0) is 10.5 Å². The molecule has 0 unspecified atom stereocenters.